The molecule has 1 aromatic rings. The Morgan fingerprint density at radius 3 is 2.87 bits per heavy atom. The average Bonchev–Trinajstić information content (AvgIpc) is 2.22. The average molecular weight is 227 g/mol. The molecule has 1 rings (SSSR count). The van der Waals surface area contributed by atoms with Gasteiger partial charge in [-0.1, -0.05) is 30.7 Å². The van der Waals surface area contributed by atoms with Gasteiger partial charge in [-0.15, -0.1) is 0 Å². The zero-order valence-corrected chi connectivity index (χ0v) is 9.80. The number of rotatable bonds is 5. The van der Waals surface area contributed by atoms with Crippen molar-refractivity contribution in [3.8, 4) is 0 Å². The molecule has 0 amide bonds. The predicted octanol–water partition coefficient (Wildman–Crippen LogP) is 3.26. The van der Waals surface area contributed by atoms with E-state index in [1.54, 1.807) is 18.2 Å². The van der Waals surface area contributed by atoms with Crippen molar-refractivity contribution in [2.45, 2.75) is 20.3 Å². The minimum Gasteiger partial charge on any atom is -0.373 e. The van der Waals surface area contributed by atoms with Crippen LogP contribution in [0, 0.1) is 6.92 Å². The van der Waals surface area contributed by atoms with Crippen molar-refractivity contribution >= 4 is 17.4 Å². The van der Waals surface area contributed by atoms with Gasteiger partial charge in [-0.2, -0.15) is 0 Å². The first-order valence-corrected chi connectivity index (χ1v) is 5.40. The normalized spacial score (nSPS) is 10.3. The van der Waals surface area contributed by atoms with Crippen molar-refractivity contribution in [2.24, 2.45) is 0 Å². The molecule has 1 aromatic carbocycles. The maximum absolute atomic E-state index is 11.7. The number of Topliss-reactive ketones (excluding diaryl/α,β-unsaturated/α-hetero) is 1. The molecule has 0 saturated carbocycles. The largest absolute Gasteiger partial charge is 0.373 e. The fourth-order valence-electron chi connectivity index (χ4n) is 1.30. The van der Waals surface area contributed by atoms with Crippen molar-refractivity contribution in [1.82, 2.24) is 0 Å². The third-order valence-electron chi connectivity index (χ3n) is 2.15. The van der Waals surface area contributed by atoms with Crippen LogP contribution in [0.2, 0.25) is 5.02 Å². The summed E-state index contributed by atoms with van der Waals surface area (Å²) >= 11 is 5.93. The summed E-state index contributed by atoms with van der Waals surface area (Å²) in [6.07, 6.45) is 0.918. The van der Waals surface area contributed by atoms with Crippen LogP contribution >= 0.6 is 11.6 Å². The molecule has 3 heteroatoms. The maximum Gasteiger partial charge on any atom is 0.188 e. The summed E-state index contributed by atoms with van der Waals surface area (Å²) in [4.78, 5) is 11.7. The second-order valence-corrected chi connectivity index (χ2v) is 3.80. The van der Waals surface area contributed by atoms with E-state index in [0.29, 0.717) is 17.2 Å². The Kier molecular flexibility index (Phi) is 4.79. The van der Waals surface area contributed by atoms with Gasteiger partial charge in [0.15, 0.2) is 5.78 Å². The number of ketones is 1. The monoisotopic (exact) mass is 226 g/mol. The number of ether oxygens (including phenoxy) is 1. The standard InChI is InChI=1S/C12H15ClO2/c1-3-7-15-8-12(14)10-5-4-6-11(13)9(10)2/h4-6H,3,7-8H2,1-2H3. The fraction of sp³-hybridized carbons (Fsp3) is 0.417. The van der Waals surface area contributed by atoms with Gasteiger partial charge in [0.1, 0.15) is 6.61 Å². The molecule has 0 atom stereocenters. The summed E-state index contributed by atoms with van der Waals surface area (Å²) in [5.41, 5.74) is 1.47. The molecule has 82 valence electrons. The van der Waals surface area contributed by atoms with Crippen LogP contribution in [0.5, 0.6) is 0 Å². The number of halogens is 1. The van der Waals surface area contributed by atoms with E-state index in [0.717, 1.165) is 12.0 Å². The molecule has 0 heterocycles. The molecule has 0 radical (unpaired) electrons. The second-order valence-electron chi connectivity index (χ2n) is 3.39. The Balaban J connectivity index is 2.69. The summed E-state index contributed by atoms with van der Waals surface area (Å²) in [6, 6.07) is 5.34. The van der Waals surface area contributed by atoms with Crippen molar-refractivity contribution in [3.05, 3.63) is 34.3 Å². The molecule has 0 unspecified atom stereocenters. The Hall–Kier alpha value is -0.860. The number of benzene rings is 1. The zero-order valence-electron chi connectivity index (χ0n) is 9.05. The van der Waals surface area contributed by atoms with Crippen LogP contribution in [-0.4, -0.2) is 19.0 Å². The van der Waals surface area contributed by atoms with Gasteiger partial charge in [-0.3, -0.25) is 4.79 Å². The quantitative estimate of drug-likeness (QED) is 0.569. The van der Waals surface area contributed by atoms with Crippen LogP contribution < -0.4 is 0 Å². The van der Waals surface area contributed by atoms with Crippen LogP contribution in [-0.2, 0) is 4.74 Å². The van der Waals surface area contributed by atoms with Crippen LogP contribution in [0.1, 0.15) is 29.3 Å². The van der Waals surface area contributed by atoms with Gasteiger partial charge in [0.25, 0.3) is 0 Å². The lowest BCUT2D eigenvalue weighted by molar-refractivity contribution is 0.0761. The lowest BCUT2D eigenvalue weighted by Gasteiger charge is -2.06. The van der Waals surface area contributed by atoms with Crippen molar-refractivity contribution in [3.63, 3.8) is 0 Å². The van der Waals surface area contributed by atoms with Gasteiger partial charge in [0.2, 0.25) is 0 Å². The molecule has 15 heavy (non-hydrogen) atoms. The molecule has 0 saturated heterocycles. The van der Waals surface area contributed by atoms with Crippen LogP contribution in [0.3, 0.4) is 0 Å². The number of hydrogen-bond acceptors (Lipinski definition) is 2. The first kappa shape index (κ1) is 12.2. The van der Waals surface area contributed by atoms with E-state index in [1.807, 2.05) is 13.8 Å². The third kappa shape index (κ3) is 3.33. The van der Waals surface area contributed by atoms with Gasteiger partial charge in [0.05, 0.1) is 0 Å². The fourth-order valence-corrected chi connectivity index (χ4v) is 1.47. The number of hydrogen-bond donors (Lipinski definition) is 0. The Morgan fingerprint density at radius 1 is 1.47 bits per heavy atom. The van der Waals surface area contributed by atoms with Gasteiger partial charge in [0, 0.05) is 17.2 Å². The van der Waals surface area contributed by atoms with E-state index in [4.69, 9.17) is 16.3 Å². The molecule has 0 aliphatic rings. The van der Waals surface area contributed by atoms with E-state index < -0.39 is 0 Å². The van der Waals surface area contributed by atoms with E-state index in [-0.39, 0.29) is 12.4 Å². The summed E-state index contributed by atoms with van der Waals surface area (Å²) in [5.74, 6) is -0.0107. The summed E-state index contributed by atoms with van der Waals surface area (Å²) in [5, 5.41) is 0.622. The molecule has 0 aliphatic heterocycles. The third-order valence-corrected chi connectivity index (χ3v) is 2.56. The lowest BCUT2D eigenvalue weighted by Crippen LogP contribution is -2.11. The van der Waals surface area contributed by atoms with Gasteiger partial charge in [-0.05, 0) is 25.0 Å². The molecular formula is C12H15ClO2. The molecule has 2 nitrogen and oxygen atoms in total. The Bertz CT molecular complexity index is 347. The van der Waals surface area contributed by atoms with Crippen LogP contribution in [0.4, 0.5) is 0 Å². The molecule has 0 fully saturated rings. The van der Waals surface area contributed by atoms with Crippen molar-refractivity contribution in [1.29, 1.82) is 0 Å². The minimum atomic E-state index is -0.0107. The highest BCUT2D eigenvalue weighted by atomic mass is 35.5. The highest BCUT2D eigenvalue weighted by Gasteiger charge is 2.10. The first-order valence-electron chi connectivity index (χ1n) is 5.03. The lowest BCUT2D eigenvalue weighted by atomic mass is 10.1. The van der Waals surface area contributed by atoms with Crippen LogP contribution in [0.25, 0.3) is 0 Å². The van der Waals surface area contributed by atoms with E-state index in [9.17, 15) is 4.79 Å². The second kappa shape index (κ2) is 5.89. The predicted molar refractivity (Wildman–Crippen MR) is 61.6 cm³/mol. The summed E-state index contributed by atoms with van der Waals surface area (Å²) < 4.78 is 5.20. The molecule has 0 aliphatic carbocycles. The van der Waals surface area contributed by atoms with E-state index >= 15 is 0 Å². The molecule has 0 N–H and O–H groups in total. The summed E-state index contributed by atoms with van der Waals surface area (Å²) in [6.45, 7) is 4.60. The minimum absolute atomic E-state index is 0.0107. The summed E-state index contributed by atoms with van der Waals surface area (Å²) in [7, 11) is 0. The van der Waals surface area contributed by atoms with Gasteiger partial charge in [-0.25, -0.2) is 0 Å². The van der Waals surface area contributed by atoms with Crippen LogP contribution in [0.15, 0.2) is 18.2 Å². The molecule has 0 bridgehead atoms. The maximum atomic E-state index is 11.7. The van der Waals surface area contributed by atoms with Crippen molar-refractivity contribution < 1.29 is 9.53 Å². The smallest absolute Gasteiger partial charge is 0.188 e. The first-order chi connectivity index (χ1) is 7.16. The molecule has 0 aromatic heterocycles. The Morgan fingerprint density at radius 2 is 2.20 bits per heavy atom. The topological polar surface area (TPSA) is 26.3 Å². The van der Waals surface area contributed by atoms with Gasteiger partial charge < -0.3 is 4.74 Å². The van der Waals surface area contributed by atoms with E-state index in [1.165, 1.54) is 0 Å². The molecule has 0 spiro atoms. The van der Waals surface area contributed by atoms with Crippen molar-refractivity contribution in [2.75, 3.05) is 13.2 Å². The molecular weight excluding hydrogens is 212 g/mol. The zero-order chi connectivity index (χ0) is 11.3. The number of carbonyl (C=O) groups is 1. The highest BCUT2D eigenvalue weighted by molar-refractivity contribution is 6.31. The van der Waals surface area contributed by atoms with Gasteiger partial charge >= 0.3 is 0 Å². The SMILES string of the molecule is CCCOCC(=O)c1cccc(Cl)c1C. The highest BCUT2D eigenvalue weighted by Crippen LogP contribution is 2.19. The number of carbonyl (C=O) groups excluding carboxylic acids is 1. The van der Waals surface area contributed by atoms with E-state index in [2.05, 4.69) is 0 Å². The Labute approximate surface area is 95.2 Å².